The van der Waals surface area contributed by atoms with Crippen molar-refractivity contribution in [1.29, 1.82) is 0 Å². The van der Waals surface area contributed by atoms with Gasteiger partial charge in [0.15, 0.2) is 5.16 Å². The fourth-order valence-corrected chi connectivity index (χ4v) is 2.36. The maximum atomic E-state index is 4.35. The molecule has 1 heterocycles. The van der Waals surface area contributed by atoms with Crippen LogP contribution in [0.2, 0.25) is 0 Å². The Morgan fingerprint density at radius 1 is 1.29 bits per heavy atom. The normalized spacial score (nSPS) is 10.4. The lowest BCUT2D eigenvalue weighted by molar-refractivity contribution is 0.737. The molecule has 0 atom stereocenters. The summed E-state index contributed by atoms with van der Waals surface area (Å²) in [5.41, 5.74) is 4.63. The second kappa shape index (κ2) is 6.35. The molecule has 17 heavy (non-hydrogen) atoms. The Kier molecular flexibility index (Phi) is 4.50. The van der Waals surface area contributed by atoms with Gasteiger partial charge in [0.25, 0.3) is 0 Å². The van der Waals surface area contributed by atoms with Crippen LogP contribution in [-0.4, -0.2) is 16.2 Å². The fraction of sp³-hybridized carbons (Fsp3) is 0.308. The minimum Gasteiger partial charge on any atom is -0.324 e. The van der Waals surface area contributed by atoms with Gasteiger partial charge in [-0.1, -0.05) is 49.0 Å². The van der Waals surface area contributed by atoms with Gasteiger partial charge in [-0.15, -0.1) is 0 Å². The first kappa shape index (κ1) is 12.0. The molecule has 0 unspecified atom stereocenters. The van der Waals surface area contributed by atoms with Gasteiger partial charge in [-0.25, -0.2) is 9.66 Å². The van der Waals surface area contributed by atoms with Crippen molar-refractivity contribution in [3.63, 3.8) is 0 Å². The molecular weight excluding hydrogens is 230 g/mol. The Balaban J connectivity index is 1.92. The maximum Gasteiger partial charge on any atom is 0.187 e. The molecule has 1 aromatic carbocycles. The van der Waals surface area contributed by atoms with Crippen molar-refractivity contribution in [3.8, 4) is 0 Å². The Morgan fingerprint density at radius 2 is 2.12 bits per heavy atom. The van der Waals surface area contributed by atoms with E-state index in [-0.39, 0.29) is 0 Å². The lowest BCUT2D eigenvalue weighted by Gasteiger charge is -2.09. The summed E-state index contributed by atoms with van der Waals surface area (Å²) in [5.74, 6) is 0.950. The van der Waals surface area contributed by atoms with Crippen LogP contribution in [0, 0.1) is 0 Å². The van der Waals surface area contributed by atoms with Crippen molar-refractivity contribution in [2.24, 2.45) is 0 Å². The molecule has 2 rings (SSSR count). The largest absolute Gasteiger partial charge is 0.324 e. The van der Waals surface area contributed by atoms with E-state index in [0.29, 0.717) is 0 Å². The lowest BCUT2D eigenvalue weighted by Crippen LogP contribution is -2.15. The standard InChI is InChI=1S/C13H17N3S/c1-2-8-15-16-10-9-14-13(16)17-11-12-6-4-3-5-7-12/h3-7,9-10,15H,2,8,11H2,1H3. The number of hydrogen-bond acceptors (Lipinski definition) is 3. The Labute approximate surface area is 106 Å². The van der Waals surface area contributed by atoms with Crippen molar-refractivity contribution in [3.05, 3.63) is 48.3 Å². The van der Waals surface area contributed by atoms with Crippen LogP contribution < -0.4 is 5.43 Å². The molecule has 0 bridgehead atoms. The van der Waals surface area contributed by atoms with Gasteiger partial charge in [0.2, 0.25) is 0 Å². The molecule has 3 nitrogen and oxygen atoms in total. The number of rotatable bonds is 6. The molecule has 1 aromatic heterocycles. The highest BCUT2D eigenvalue weighted by atomic mass is 32.2. The molecule has 0 saturated heterocycles. The van der Waals surface area contributed by atoms with Gasteiger partial charge in [0.1, 0.15) is 0 Å². The van der Waals surface area contributed by atoms with Gasteiger partial charge >= 0.3 is 0 Å². The zero-order chi connectivity index (χ0) is 11.9. The van der Waals surface area contributed by atoms with Crippen LogP contribution in [0.1, 0.15) is 18.9 Å². The van der Waals surface area contributed by atoms with E-state index in [9.17, 15) is 0 Å². The number of nitrogens with one attached hydrogen (secondary N) is 1. The van der Waals surface area contributed by atoms with E-state index in [1.165, 1.54) is 5.56 Å². The molecule has 4 heteroatoms. The zero-order valence-electron chi connectivity index (χ0n) is 9.97. The van der Waals surface area contributed by atoms with Gasteiger partial charge < -0.3 is 5.43 Å². The summed E-state index contributed by atoms with van der Waals surface area (Å²) in [6.45, 7) is 3.12. The molecule has 0 saturated carbocycles. The second-order valence-corrected chi connectivity index (χ2v) is 4.70. The van der Waals surface area contributed by atoms with Crippen LogP contribution in [0.15, 0.2) is 47.9 Å². The van der Waals surface area contributed by atoms with Gasteiger partial charge in [-0.05, 0) is 12.0 Å². The van der Waals surface area contributed by atoms with Crippen molar-refractivity contribution >= 4 is 11.8 Å². The first-order valence-corrected chi connectivity index (χ1v) is 6.82. The van der Waals surface area contributed by atoms with Crippen LogP contribution in [0.25, 0.3) is 0 Å². The summed E-state index contributed by atoms with van der Waals surface area (Å²) in [4.78, 5) is 4.35. The first-order valence-electron chi connectivity index (χ1n) is 5.84. The Morgan fingerprint density at radius 3 is 2.88 bits per heavy atom. The Bertz CT molecular complexity index is 439. The van der Waals surface area contributed by atoms with Crippen LogP contribution in [0.5, 0.6) is 0 Å². The van der Waals surface area contributed by atoms with Crippen LogP contribution in [0.3, 0.4) is 0 Å². The Hall–Kier alpha value is -1.42. The summed E-state index contributed by atoms with van der Waals surface area (Å²) >= 11 is 1.75. The number of aromatic nitrogens is 2. The van der Waals surface area contributed by atoms with Crippen LogP contribution in [-0.2, 0) is 5.75 Å². The molecular formula is C13H17N3S. The van der Waals surface area contributed by atoms with Crippen molar-refractivity contribution in [2.45, 2.75) is 24.3 Å². The monoisotopic (exact) mass is 247 g/mol. The minimum absolute atomic E-state index is 0.950. The predicted molar refractivity (Wildman–Crippen MR) is 72.7 cm³/mol. The van der Waals surface area contributed by atoms with Gasteiger partial charge in [-0.3, -0.25) is 0 Å². The molecule has 0 radical (unpaired) electrons. The van der Waals surface area contributed by atoms with Crippen molar-refractivity contribution in [2.75, 3.05) is 12.0 Å². The third kappa shape index (κ3) is 3.53. The number of nitrogens with zero attached hydrogens (tertiary/aromatic N) is 2. The molecule has 0 aliphatic heterocycles. The molecule has 0 aliphatic rings. The summed E-state index contributed by atoms with van der Waals surface area (Å²) < 4.78 is 2.00. The van der Waals surface area contributed by atoms with E-state index in [1.807, 2.05) is 23.1 Å². The van der Waals surface area contributed by atoms with Crippen molar-refractivity contribution < 1.29 is 0 Å². The SMILES string of the molecule is CCCNn1ccnc1SCc1ccccc1. The summed E-state index contributed by atoms with van der Waals surface area (Å²) in [5, 5.41) is 1.02. The molecule has 2 aromatic rings. The smallest absolute Gasteiger partial charge is 0.187 e. The maximum absolute atomic E-state index is 4.35. The molecule has 1 N–H and O–H groups in total. The van der Waals surface area contributed by atoms with Gasteiger partial charge in [-0.2, -0.15) is 0 Å². The van der Waals surface area contributed by atoms with E-state index in [0.717, 1.165) is 23.9 Å². The summed E-state index contributed by atoms with van der Waals surface area (Å²) in [6.07, 6.45) is 4.90. The third-order valence-electron chi connectivity index (χ3n) is 2.35. The van der Waals surface area contributed by atoms with E-state index >= 15 is 0 Å². The number of imidazole rings is 1. The lowest BCUT2D eigenvalue weighted by atomic mass is 10.2. The molecule has 0 amide bonds. The first-order chi connectivity index (χ1) is 8.40. The van der Waals surface area contributed by atoms with E-state index in [1.54, 1.807) is 11.8 Å². The third-order valence-corrected chi connectivity index (χ3v) is 3.39. The van der Waals surface area contributed by atoms with Gasteiger partial charge in [0, 0.05) is 24.7 Å². The minimum atomic E-state index is 0.950. The fourth-order valence-electron chi connectivity index (χ4n) is 1.47. The van der Waals surface area contributed by atoms with Crippen LogP contribution in [0.4, 0.5) is 0 Å². The topological polar surface area (TPSA) is 29.9 Å². The number of benzene rings is 1. The second-order valence-electron chi connectivity index (χ2n) is 3.76. The van der Waals surface area contributed by atoms with Gasteiger partial charge in [0.05, 0.1) is 0 Å². The highest BCUT2D eigenvalue weighted by Gasteiger charge is 2.02. The quantitative estimate of drug-likeness (QED) is 0.795. The van der Waals surface area contributed by atoms with E-state index in [4.69, 9.17) is 0 Å². The molecule has 0 spiro atoms. The average molecular weight is 247 g/mol. The molecule has 90 valence electrons. The number of thioether (sulfide) groups is 1. The highest BCUT2D eigenvalue weighted by molar-refractivity contribution is 7.98. The zero-order valence-corrected chi connectivity index (χ0v) is 10.8. The van der Waals surface area contributed by atoms with Crippen molar-refractivity contribution in [1.82, 2.24) is 9.66 Å². The van der Waals surface area contributed by atoms with E-state index in [2.05, 4.69) is 41.6 Å². The van der Waals surface area contributed by atoms with Crippen LogP contribution >= 0.6 is 11.8 Å². The predicted octanol–water partition coefficient (Wildman–Crippen LogP) is 3.13. The van der Waals surface area contributed by atoms with E-state index < -0.39 is 0 Å². The summed E-state index contributed by atoms with van der Waals surface area (Å²) in [7, 11) is 0. The number of hydrogen-bond donors (Lipinski definition) is 1. The molecule has 0 aliphatic carbocycles. The highest BCUT2D eigenvalue weighted by Crippen LogP contribution is 2.20. The molecule has 0 fully saturated rings. The average Bonchev–Trinajstić information content (AvgIpc) is 2.82. The summed E-state index contributed by atoms with van der Waals surface area (Å²) in [6, 6.07) is 10.5.